The van der Waals surface area contributed by atoms with Crippen molar-refractivity contribution < 1.29 is 49.6 Å². The first-order valence-corrected chi connectivity index (χ1v) is 14.7. The Labute approximate surface area is 229 Å². The van der Waals surface area contributed by atoms with Crippen molar-refractivity contribution in [3.63, 3.8) is 0 Å². The lowest BCUT2D eigenvalue weighted by Crippen LogP contribution is -2.65. The third-order valence-electron chi connectivity index (χ3n) is 12.2. The molecule has 6 rings (SSSR count). The highest BCUT2D eigenvalue weighted by atomic mass is 16.7. The van der Waals surface area contributed by atoms with Crippen LogP contribution in [0.2, 0.25) is 0 Å². The summed E-state index contributed by atoms with van der Waals surface area (Å²) in [4.78, 5) is 11.8. The second-order valence-corrected chi connectivity index (χ2v) is 13.6. The normalized spacial score (nSPS) is 55.3. The van der Waals surface area contributed by atoms with Gasteiger partial charge in [0.05, 0.1) is 24.4 Å². The minimum Gasteiger partial charge on any atom is -0.458 e. The van der Waals surface area contributed by atoms with Gasteiger partial charge in [-0.15, -0.1) is 0 Å². The van der Waals surface area contributed by atoms with Crippen LogP contribution in [0.5, 0.6) is 0 Å². The van der Waals surface area contributed by atoms with Gasteiger partial charge in [-0.05, 0) is 79.6 Å². The second-order valence-electron chi connectivity index (χ2n) is 13.6. The van der Waals surface area contributed by atoms with Crippen molar-refractivity contribution in [3.05, 3.63) is 11.6 Å². The summed E-state index contributed by atoms with van der Waals surface area (Å²) in [6, 6.07) is 0. The van der Waals surface area contributed by atoms with Crippen molar-refractivity contribution in [2.45, 2.75) is 114 Å². The van der Waals surface area contributed by atoms with Gasteiger partial charge in [0.1, 0.15) is 31.0 Å². The van der Waals surface area contributed by atoms with E-state index in [-0.39, 0.29) is 35.1 Å². The summed E-state index contributed by atoms with van der Waals surface area (Å²) in [5.41, 5.74) is -0.614. The highest BCUT2D eigenvalue weighted by molar-refractivity contribution is 5.85. The van der Waals surface area contributed by atoms with Crippen LogP contribution in [0, 0.1) is 34.5 Å². The van der Waals surface area contributed by atoms with Crippen LogP contribution in [0.25, 0.3) is 0 Å². The van der Waals surface area contributed by atoms with E-state index in [4.69, 9.17) is 14.2 Å². The number of fused-ring (bicyclic) bond motifs is 5. The number of carbonyl (C=O) groups excluding carboxylic acids is 1. The molecule has 10 nitrogen and oxygen atoms in total. The molecule has 6 aliphatic rings. The second kappa shape index (κ2) is 9.73. The van der Waals surface area contributed by atoms with Crippen LogP contribution in [0.3, 0.4) is 0 Å². The van der Waals surface area contributed by atoms with Crippen molar-refractivity contribution in [2.24, 2.45) is 34.5 Å². The van der Waals surface area contributed by atoms with Gasteiger partial charge in [0.25, 0.3) is 0 Å². The van der Waals surface area contributed by atoms with Crippen molar-refractivity contribution in [1.82, 2.24) is 0 Å². The molecule has 4 aliphatic carbocycles. The molecule has 0 aromatic rings. The zero-order chi connectivity index (χ0) is 27.9. The predicted octanol–water partition coefficient (Wildman–Crippen LogP) is 0.399. The molecule has 0 spiro atoms. The molecule has 39 heavy (non-hydrogen) atoms. The van der Waals surface area contributed by atoms with Gasteiger partial charge in [-0.25, -0.2) is 4.79 Å². The van der Waals surface area contributed by atoms with Gasteiger partial charge in [0.2, 0.25) is 0 Å². The van der Waals surface area contributed by atoms with Crippen LogP contribution < -0.4 is 0 Å². The van der Waals surface area contributed by atoms with Crippen molar-refractivity contribution >= 4 is 5.97 Å². The molecule has 0 aromatic heterocycles. The Morgan fingerprint density at radius 2 is 1.74 bits per heavy atom. The Kier molecular flexibility index (Phi) is 6.99. The molecule has 0 aromatic carbocycles. The Morgan fingerprint density at radius 1 is 0.974 bits per heavy atom. The van der Waals surface area contributed by atoms with E-state index in [0.717, 1.165) is 37.7 Å². The smallest absolute Gasteiger partial charge is 0.331 e. The largest absolute Gasteiger partial charge is 0.458 e. The zero-order valence-electron chi connectivity index (χ0n) is 22.8. The highest BCUT2D eigenvalue weighted by Gasteiger charge is 2.69. The monoisotopic (exact) mass is 552 g/mol. The SMILES string of the molecule is CC12C(O)CC(OC3OC(CO)C(O)C(O)C3O)CC1CCC1C2CCC2(C)C(C3=CC(=O)OC3)CCC12O. The molecule has 10 heteroatoms. The molecule has 4 saturated carbocycles. The Balaban J connectivity index is 1.19. The van der Waals surface area contributed by atoms with Gasteiger partial charge in [-0.2, -0.15) is 0 Å². The van der Waals surface area contributed by atoms with Gasteiger partial charge >= 0.3 is 5.97 Å². The molecular weight excluding hydrogens is 508 g/mol. The van der Waals surface area contributed by atoms with E-state index in [9.17, 15) is 35.4 Å². The maximum Gasteiger partial charge on any atom is 0.331 e. The summed E-state index contributed by atoms with van der Waals surface area (Å²) < 4.78 is 16.9. The molecule has 0 radical (unpaired) electrons. The van der Waals surface area contributed by atoms with E-state index in [2.05, 4.69) is 13.8 Å². The molecule has 5 fully saturated rings. The number of esters is 1. The van der Waals surface area contributed by atoms with E-state index in [0.29, 0.717) is 25.9 Å². The summed E-state index contributed by atoms with van der Waals surface area (Å²) in [5, 5.41) is 64.2. The Morgan fingerprint density at radius 3 is 2.44 bits per heavy atom. The number of aliphatic hydroxyl groups excluding tert-OH is 5. The van der Waals surface area contributed by atoms with Gasteiger partial charge in [-0.3, -0.25) is 0 Å². The average molecular weight is 553 g/mol. The third-order valence-corrected chi connectivity index (χ3v) is 12.2. The van der Waals surface area contributed by atoms with Crippen molar-refractivity contribution in [2.75, 3.05) is 13.2 Å². The molecule has 14 unspecified atom stereocenters. The summed E-state index contributed by atoms with van der Waals surface area (Å²) in [6.07, 6.45) is -0.299. The van der Waals surface area contributed by atoms with Crippen LogP contribution in [0.15, 0.2) is 11.6 Å². The fourth-order valence-corrected chi connectivity index (χ4v) is 9.91. The molecule has 6 N–H and O–H groups in total. The summed E-state index contributed by atoms with van der Waals surface area (Å²) >= 11 is 0. The van der Waals surface area contributed by atoms with Gasteiger partial charge < -0.3 is 44.8 Å². The van der Waals surface area contributed by atoms with E-state index >= 15 is 0 Å². The van der Waals surface area contributed by atoms with Crippen LogP contribution in [0.1, 0.15) is 65.2 Å². The molecule has 0 amide bonds. The molecule has 1 saturated heterocycles. The topological polar surface area (TPSA) is 166 Å². The van der Waals surface area contributed by atoms with Crippen molar-refractivity contribution in [3.8, 4) is 0 Å². The number of ether oxygens (including phenoxy) is 3. The lowest BCUT2D eigenvalue weighted by molar-refractivity contribution is -0.321. The standard InChI is InChI=1S/C29H44O10/c1-27-7-5-18-19(29(27,36)8-6-17(27)14-9-22(32)37-13-14)4-3-15-10-16(11-21(31)28(15,18)2)38-26-25(35)24(34)23(33)20(12-30)39-26/h9,15-21,23-26,30-31,33-36H,3-8,10-13H2,1-2H3. The first kappa shape index (κ1) is 28.0. The van der Waals surface area contributed by atoms with E-state index in [1.807, 2.05) is 0 Å². The number of aliphatic hydroxyl groups is 6. The predicted molar refractivity (Wildman–Crippen MR) is 136 cm³/mol. The molecule has 14 atom stereocenters. The lowest BCUT2D eigenvalue weighted by Gasteiger charge is -2.64. The maximum atomic E-state index is 12.4. The summed E-state index contributed by atoms with van der Waals surface area (Å²) in [5.74, 6) is 0.168. The van der Waals surface area contributed by atoms with Crippen LogP contribution in [-0.2, 0) is 19.0 Å². The molecule has 2 aliphatic heterocycles. The number of cyclic esters (lactones) is 1. The Hall–Kier alpha value is -1.11. The van der Waals surface area contributed by atoms with Gasteiger partial charge in [0.15, 0.2) is 6.29 Å². The number of hydrogen-bond acceptors (Lipinski definition) is 10. The fourth-order valence-electron chi connectivity index (χ4n) is 9.91. The summed E-state index contributed by atoms with van der Waals surface area (Å²) in [6.45, 7) is 4.14. The third kappa shape index (κ3) is 4.00. The minimum absolute atomic E-state index is 0.0543. The first-order chi connectivity index (χ1) is 18.4. The van der Waals surface area contributed by atoms with Crippen LogP contribution >= 0.6 is 0 Å². The quantitative estimate of drug-likeness (QED) is 0.212. The van der Waals surface area contributed by atoms with Gasteiger partial charge in [0, 0.05) is 17.9 Å². The zero-order valence-corrected chi connectivity index (χ0v) is 22.8. The lowest BCUT2D eigenvalue weighted by atomic mass is 9.42. The molecule has 220 valence electrons. The van der Waals surface area contributed by atoms with Crippen LogP contribution in [0.4, 0.5) is 0 Å². The van der Waals surface area contributed by atoms with Crippen molar-refractivity contribution in [1.29, 1.82) is 0 Å². The number of hydrogen-bond donors (Lipinski definition) is 6. The molecule has 0 bridgehead atoms. The maximum absolute atomic E-state index is 12.4. The Bertz CT molecular complexity index is 1000. The summed E-state index contributed by atoms with van der Waals surface area (Å²) in [7, 11) is 0. The minimum atomic E-state index is -1.51. The number of rotatable bonds is 4. The van der Waals surface area contributed by atoms with E-state index < -0.39 is 60.5 Å². The molecule has 2 heterocycles. The fraction of sp³-hybridized carbons (Fsp3) is 0.897. The number of carbonyl (C=O) groups is 1. The highest BCUT2D eigenvalue weighted by Crippen LogP contribution is 2.70. The first-order valence-electron chi connectivity index (χ1n) is 14.7. The van der Waals surface area contributed by atoms with Gasteiger partial charge in [-0.1, -0.05) is 13.8 Å². The van der Waals surface area contributed by atoms with E-state index in [1.54, 1.807) is 6.08 Å². The average Bonchev–Trinajstić information content (AvgIpc) is 3.45. The van der Waals surface area contributed by atoms with Crippen LogP contribution in [-0.4, -0.2) is 98.3 Å². The molecular formula is C29H44O10. The van der Waals surface area contributed by atoms with E-state index in [1.165, 1.54) is 0 Å².